The van der Waals surface area contributed by atoms with Crippen molar-refractivity contribution in [2.45, 2.75) is 35.1 Å². The van der Waals surface area contributed by atoms with Gasteiger partial charge in [-0.1, -0.05) is 0 Å². The number of carbonyl (C=O) groups is 2. The van der Waals surface area contributed by atoms with Crippen molar-refractivity contribution in [2.75, 3.05) is 23.7 Å². The molecule has 0 aromatic heterocycles. The molecule has 0 saturated carbocycles. The van der Waals surface area contributed by atoms with Crippen molar-refractivity contribution >= 4 is 39.3 Å². The summed E-state index contributed by atoms with van der Waals surface area (Å²) in [5, 5.41) is 2.79. The maximum absolute atomic E-state index is 13.6. The summed E-state index contributed by atoms with van der Waals surface area (Å²) in [6.45, 7) is 0.193. The molecule has 2 aromatic rings. The van der Waals surface area contributed by atoms with Gasteiger partial charge in [0.1, 0.15) is 5.82 Å². The first-order valence-electron chi connectivity index (χ1n) is 9.95. The van der Waals surface area contributed by atoms with Gasteiger partial charge < -0.3 is 10.2 Å². The van der Waals surface area contributed by atoms with E-state index in [9.17, 15) is 22.4 Å². The van der Waals surface area contributed by atoms with E-state index in [0.29, 0.717) is 30.6 Å². The van der Waals surface area contributed by atoms with Crippen molar-refractivity contribution < 1.29 is 22.4 Å². The van der Waals surface area contributed by atoms with Crippen LogP contribution in [0.3, 0.4) is 0 Å². The first kappa shape index (κ1) is 21.8. The molecule has 2 heterocycles. The fraction of sp³-hybridized carbons (Fsp3) is 0.333. The summed E-state index contributed by atoms with van der Waals surface area (Å²) in [4.78, 5) is 26.7. The Balaban J connectivity index is 1.37. The number of nitrogens with zero attached hydrogens (tertiary/aromatic N) is 1. The minimum atomic E-state index is -3.90. The fourth-order valence-corrected chi connectivity index (χ4v) is 5.82. The summed E-state index contributed by atoms with van der Waals surface area (Å²) >= 11 is 1.60. The lowest BCUT2D eigenvalue weighted by Gasteiger charge is -2.26. The molecule has 1 saturated heterocycles. The summed E-state index contributed by atoms with van der Waals surface area (Å²) in [5.41, 5.74) is 1.36. The Morgan fingerprint density at radius 2 is 1.97 bits per heavy atom. The maximum atomic E-state index is 13.6. The van der Waals surface area contributed by atoms with Gasteiger partial charge >= 0.3 is 0 Å². The molecule has 2 aromatic carbocycles. The van der Waals surface area contributed by atoms with E-state index in [0.717, 1.165) is 17.1 Å². The number of carbonyl (C=O) groups excluding carboxylic acids is 2. The van der Waals surface area contributed by atoms with Gasteiger partial charge in [0.05, 0.1) is 17.5 Å². The molecule has 10 heteroatoms. The summed E-state index contributed by atoms with van der Waals surface area (Å²) in [6, 6.07) is 10.1. The van der Waals surface area contributed by atoms with Crippen LogP contribution < -0.4 is 14.9 Å². The summed E-state index contributed by atoms with van der Waals surface area (Å²) < 4.78 is 41.0. The molecule has 164 valence electrons. The minimum Gasteiger partial charge on any atom is -0.348 e. The normalized spacial score (nSPS) is 18.7. The molecule has 0 aliphatic carbocycles. The molecule has 2 amide bonds. The van der Waals surface area contributed by atoms with E-state index in [1.165, 1.54) is 24.3 Å². The van der Waals surface area contributed by atoms with Crippen molar-refractivity contribution in [1.82, 2.24) is 10.0 Å². The average molecular weight is 464 g/mol. The van der Waals surface area contributed by atoms with Crippen molar-refractivity contribution in [3.63, 3.8) is 0 Å². The fourth-order valence-electron chi connectivity index (χ4n) is 3.73. The van der Waals surface area contributed by atoms with Crippen LogP contribution in [0, 0.1) is 5.82 Å². The number of hydrogen-bond donors (Lipinski definition) is 2. The van der Waals surface area contributed by atoms with Gasteiger partial charge in [0, 0.05) is 29.3 Å². The van der Waals surface area contributed by atoms with Crippen LogP contribution in [0.1, 0.15) is 30.9 Å². The first-order valence-corrected chi connectivity index (χ1v) is 12.4. The van der Waals surface area contributed by atoms with Crippen LogP contribution in [0.5, 0.6) is 0 Å². The number of amides is 2. The summed E-state index contributed by atoms with van der Waals surface area (Å²) in [7, 11) is -3.90. The van der Waals surface area contributed by atoms with Crippen molar-refractivity contribution in [2.24, 2.45) is 0 Å². The number of anilines is 1. The van der Waals surface area contributed by atoms with Crippen LogP contribution in [0.15, 0.2) is 52.3 Å². The molecule has 2 aliphatic heterocycles. The third-order valence-corrected chi connectivity index (χ3v) is 7.84. The number of halogens is 1. The highest BCUT2D eigenvalue weighted by Gasteiger charge is 2.25. The minimum absolute atomic E-state index is 0.0113. The van der Waals surface area contributed by atoms with Gasteiger partial charge in [-0.2, -0.15) is 0 Å². The quantitative estimate of drug-likeness (QED) is 0.687. The predicted molar refractivity (Wildman–Crippen MR) is 116 cm³/mol. The highest BCUT2D eigenvalue weighted by Crippen LogP contribution is 2.36. The van der Waals surface area contributed by atoms with Gasteiger partial charge in [-0.3, -0.25) is 9.59 Å². The van der Waals surface area contributed by atoms with Gasteiger partial charge in [0.25, 0.3) is 0 Å². The molecule has 0 spiro atoms. The van der Waals surface area contributed by atoms with Crippen LogP contribution in [0.2, 0.25) is 0 Å². The van der Waals surface area contributed by atoms with E-state index in [4.69, 9.17) is 0 Å². The van der Waals surface area contributed by atoms with Gasteiger partial charge in [0.2, 0.25) is 21.8 Å². The number of rotatable bonds is 6. The van der Waals surface area contributed by atoms with E-state index >= 15 is 0 Å². The summed E-state index contributed by atoms with van der Waals surface area (Å²) in [5.74, 6) is -0.0653. The number of hydrogen-bond acceptors (Lipinski definition) is 5. The number of nitrogens with one attached hydrogen (secondary N) is 2. The highest BCUT2D eigenvalue weighted by atomic mass is 32.2. The molecule has 2 N–H and O–H groups in total. The van der Waals surface area contributed by atoms with Crippen LogP contribution in [-0.4, -0.2) is 39.1 Å². The number of thioether (sulfide) groups is 1. The van der Waals surface area contributed by atoms with E-state index in [1.807, 2.05) is 0 Å². The second-order valence-corrected chi connectivity index (χ2v) is 10.3. The molecular formula is C21H22FN3O4S2. The Morgan fingerprint density at radius 1 is 1.19 bits per heavy atom. The van der Waals surface area contributed by atoms with Crippen LogP contribution in [0.4, 0.5) is 10.1 Å². The second-order valence-electron chi connectivity index (χ2n) is 7.41. The third kappa shape index (κ3) is 4.91. The van der Waals surface area contributed by atoms with E-state index < -0.39 is 22.5 Å². The number of sulfonamides is 1. The Kier molecular flexibility index (Phi) is 6.31. The Bertz CT molecular complexity index is 1110. The van der Waals surface area contributed by atoms with Crippen LogP contribution >= 0.6 is 11.8 Å². The van der Waals surface area contributed by atoms with E-state index in [-0.39, 0.29) is 22.7 Å². The van der Waals surface area contributed by atoms with Gasteiger partial charge in [0.15, 0.2) is 0 Å². The second kappa shape index (κ2) is 8.97. The topological polar surface area (TPSA) is 95.6 Å². The molecule has 0 bridgehead atoms. The van der Waals surface area contributed by atoms with Gasteiger partial charge in [-0.25, -0.2) is 17.5 Å². The maximum Gasteiger partial charge on any atom is 0.241 e. The number of benzene rings is 2. The Morgan fingerprint density at radius 3 is 2.68 bits per heavy atom. The van der Waals surface area contributed by atoms with Crippen molar-refractivity contribution in [1.29, 1.82) is 0 Å². The van der Waals surface area contributed by atoms with Crippen molar-refractivity contribution in [3.8, 4) is 0 Å². The number of fused-ring (bicyclic) bond motifs is 1. The molecule has 1 fully saturated rings. The smallest absolute Gasteiger partial charge is 0.241 e. The Labute approximate surface area is 184 Å². The highest BCUT2D eigenvalue weighted by molar-refractivity contribution is 7.99. The lowest BCUT2D eigenvalue weighted by Crippen LogP contribution is -2.39. The molecule has 1 unspecified atom stereocenters. The largest absolute Gasteiger partial charge is 0.348 e. The van der Waals surface area contributed by atoms with Crippen LogP contribution in [0.25, 0.3) is 0 Å². The molecule has 31 heavy (non-hydrogen) atoms. The molecule has 1 atom stereocenters. The summed E-state index contributed by atoms with van der Waals surface area (Å²) in [6.07, 6.45) is 1.91. The molecule has 2 aliphatic rings. The lowest BCUT2D eigenvalue weighted by molar-refractivity contribution is -0.120. The molecular weight excluding hydrogens is 441 g/mol. The van der Waals surface area contributed by atoms with Crippen LogP contribution in [-0.2, 0) is 19.6 Å². The van der Waals surface area contributed by atoms with Gasteiger partial charge in [-0.05, 0) is 60.9 Å². The third-order valence-electron chi connectivity index (χ3n) is 5.30. The van der Waals surface area contributed by atoms with Crippen molar-refractivity contribution in [3.05, 3.63) is 53.8 Å². The monoisotopic (exact) mass is 463 g/mol. The zero-order valence-corrected chi connectivity index (χ0v) is 18.3. The standard InChI is InChI=1S/C21H22FN3O4S2/c22-14-3-8-19-17(12-14)18(9-11-30-19)24-20(26)13-23-31(28,29)16-6-4-15(5-7-16)25-10-1-2-21(25)27/h3-8,12,18,23H,1-2,9-11,13H2,(H,24,26). The van der Waals surface area contributed by atoms with E-state index in [2.05, 4.69) is 10.0 Å². The van der Waals surface area contributed by atoms with Gasteiger partial charge in [-0.15, -0.1) is 11.8 Å². The van der Waals surface area contributed by atoms with E-state index in [1.54, 1.807) is 34.9 Å². The predicted octanol–water partition coefficient (Wildman–Crippen LogP) is 2.58. The lowest BCUT2D eigenvalue weighted by atomic mass is 10.0. The first-order chi connectivity index (χ1) is 14.8. The average Bonchev–Trinajstić information content (AvgIpc) is 3.19. The SMILES string of the molecule is O=C(CNS(=O)(=O)c1ccc(N2CCCC2=O)cc1)NC1CCSc2ccc(F)cc21. The Hall–Kier alpha value is -2.43. The molecule has 7 nitrogen and oxygen atoms in total. The zero-order valence-electron chi connectivity index (χ0n) is 16.6. The molecule has 0 radical (unpaired) electrons. The zero-order chi connectivity index (χ0) is 22.0. The molecule has 4 rings (SSSR count).